The molecule has 76 valence electrons. The molecule has 0 aliphatic carbocycles. The summed E-state index contributed by atoms with van der Waals surface area (Å²) in [6.07, 6.45) is 2.37. The van der Waals surface area contributed by atoms with Crippen LogP contribution in [0.4, 0.5) is 0 Å². The third kappa shape index (κ3) is 4.44. The minimum atomic E-state index is -0.785. The van der Waals surface area contributed by atoms with Gasteiger partial charge in [0.2, 0.25) is 0 Å². The quantitative estimate of drug-likeness (QED) is 0.405. The van der Waals surface area contributed by atoms with Crippen LogP contribution in [0.2, 0.25) is 0 Å². The lowest BCUT2D eigenvalue weighted by molar-refractivity contribution is -0.971. The Morgan fingerprint density at radius 3 is 2.92 bits per heavy atom. The highest BCUT2D eigenvalue weighted by molar-refractivity contribution is 5.66. The summed E-state index contributed by atoms with van der Waals surface area (Å²) in [4.78, 5) is 15.0. The zero-order valence-electron chi connectivity index (χ0n) is 6.94. The van der Waals surface area contributed by atoms with Gasteiger partial charge in [0.25, 0.3) is 5.88 Å². The van der Waals surface area contributed by atoms with Crippen LogP contribution in [-0.2, 0) is 9.63 Å². The Balaban J connectivity index is 0.00000144. The standard InChI is InChI=1S/C6H11N3O3.ClH/c7-5-4-9(8-12-5)3-1-2-6(10)11;/h4,8H,1-3,7H2,(H,10,11);1H. The second-order valence-electron chi connectivity index (χ2n) is 2.49. The van der Waals surface area contributed by atoms with Gasteiger partial charge in [-0.1, -0.05) is 5.59 Å². The van der Waals surface area contributed by atoms with Gasteiger partial charge in [-0.25, -0.2) is 0 Å². The van der Waals surface area contributed by atoms with E-state index in [1.54, 1.807) is 11.2 Å². The van der Waals surface area contributed by atoms with E-state index in [4.69, 9.17) is 15.7 Å². The van der Waals surface area contributed by atoms with Crippen molar-refractivity contribution < 1.29 is 32.7 Å². The van der Waals surface area contributed by atoms with E-state index in [0.717, 1.165) is 0 Å². The molecule has 1 heterocycles. The van der Waals surface area contributed by atoms with Crippen molar-refractivity contribution in [1.29, 1.82) is 0 Å². The van der Waals surface area contributed by atoms with E-state index in [1.165, 1.54) is 5.59 Å². The van der Waals surface area contributed by atoms with Crippen molar-refractivity contribution >= 4 is 5.97 Å². The van der Waals surface area contributed by atoms with Gasteiger partial charge in [-0.2, -0.15) is 5.01 Å². The number of halogens is 1. The fraction of sp³-hybridized carbons (Fsp3) is 0.500. The van der Waals surface area contributed by atoms with Crippen molar-refractivity contribution in [3.8, 4) is 0 Å². The second kappa shape index (κ2) is 5.50. The Labute approximate surface area is 81.7 Å². The zero-order chi connectivity index (χ0) is 8.97. The first-order valence-electron chi connectivity index (χ1n) is 3.63. The zero-order valence-corrected chi connectivity index (χ0v) is 7.70. The molecule has 0 aromatic carbocycles. The number of aliphatic carboxylic acids is 1. The van der Waals surface area contributed by atoms with Crippen LogP contribution in [0.15, 0.2) is 12.1 Å². The van der Waals surface area contributed by atoms with Crippen LogP contribution >= 0.6 is 0 Å². The molecule has 0 aromatic rings. The predicted molar refractivity (Wildman–Crippen MR) is 38.9 cm³/mol. The van der Waals surface area contributed by atoms with Gasteiger partial charge in [0.15, 0.2) is 0 Å². The predicted octanol–water partition coefficient (Wildman–Crippen LogP) is -4.66. The van der Waals surface area contributed by atoms with Gasteiger partial charge in [0.1, 0.15) is 6.20 Å². The van der Waals surface area contributed by atoms with Crippen molar-refractivity contribution in [2.75, 3.05) is 6.54 Å². The molecule has 0 unspecified atom stereocenters. The number of carboxylic acid groups (broad SMARTS) is 1. The van der Waals surface area contributed by atoms with Crippen LogP contribution < -0.4 is 23.7 Å². The summed E-state index contributed by atoms with van der Waals surface area (Å²) in [5.41, 5.74) is 6.78. The van der Waals surface area contributed by atoms with Gasteiger partial charge in [0, 0.05) is 6.42 Å². The van der Waals surface area contributed by atoms with Gasteiger partial charge < -0.3 is 23.2 Å². The smallest absolute Gasteiger partial charge is 0.303 e. The first-order chi connectivity index (χ1) is 5.68. The fourth-order valence-electron chi connectivity index (χ4n) is 0.883. The summed E-state index contributed by atoms with van der Waals surface area (Å²) in [5, 5.41) is 10.1. The summed E-state index contributed by atoms with van der Waals surface area (Å²) in [6, 6.07) is 0. The van der Waals surface area contributed by atoms with E-state index < -0.39 is 5.97 Å². The Morgan fingerprint density at radius 2 is 2.46 bits per heavy atom. The number of carboxylic acids is 1. The van der Waals surface area contributed by atoms with Crippen LogP contribution in [0.5, 0.6) is 0 Å². The maximum atomic E-state index is 10.1. The summed E-state index contributed by atoms with van der Waals surface area (Å²) in [7, 11) is 0. The average molecular weight is 210 g/mol. The molecule has 0 aromatic heterocycles. The minimum absolute atomic E-state index is 0. The van der Waals surface area contributed by atoms with E-state index >= 15 is 0 Å². The van der Waals surface area contributed by atoms with Crippen LogP contribution in [0.1, 0.15) is 12.8 Å². The first-order valence-corrected chi connectivity index (χ1v) is 3.63. The maximum Gasteiger partial charge on any atom is 0.303 e. The largest absolute Gasteiger partial charge is 1.00 e. The lowest BCUT2D eigenvalue weighted by atomic mass is 10.3. The Hall–Kier alpha value is -1.14. The molecule has 0 spiro atoms. The van der Waals surface area contributed by atoms with Crippen molar-refractivity contribution in [3.63, 3.8) is 0 Å². The topological polar surface area (TPSA) is 92.4 Å². The number of quaternary nitrogens is 1. The van der Waals surface area contributed by atoms with Gasteiger partial charge in [-0.15, -0.1) is 0 Å². The molecular formula is C6H12ClN3O3. The third-order valence-electron chi connectivity index (χ3n) is 1.42. The van der Waals surface area contributed by atoms with E-state index in [-0.39, 0.29) is 18.8 Å². The lowest BCUT2D eigenvalue weighted by Crippen LogP contribution is -3.00. The van der Waals surface area contributed by atoms with E-state index in [0.29, 0.717) is 18.8 Å². The summed E-state index contributed by atoms with van der Waals surface area (Å²) >= 11 is 0. The molecule has 0 radical (unpaired) electrons. The van der Waals surface area contributed by atoms with Crippen LogP contribution in [0.3, 0.4) is 0 Å². The molecule has 0 fully saturated rings. The number of nitrogens with zero attached hydrogens (tertiary/aromatic N) is 1. The molecule has 13 heavy (non-hydrogen) atoms. The fourth-order valence-corrected chi connectivity index (χ4v) is 0.883. The molecule has 7 heteroatoms. The van der Waals surface area contributed by atoms with E-state index in [1.807, 2.05) is 0 Å². The Bertz CT molecular complexity index is 209. The molecule has 5 N–H and O–H groups in total. The van der Waals surface area contributed by atoms with Gasteiger partial charge >= 0.3 is 5.97 Å². The number of rotatable bonds is 4. The van der Waals surface area contributed by atoms with E-state index in [2.05, 4.69) is 0 Å². The van der Waals surface area contributed by atoms with Crippen molar-refractivity contribution in [1.82, 2.24) is 5.01 Å². The van der Waals surface area contributed by atoms with Gasteiger partial charge in [0.05, 0.1) is 6.54 Å². The second-order valence-corrected chi connectivity index (χ2v) is 2.49. The van der Waals surface area contributed by atoms with Crippen molar-refractivity contribution in [3.05, 3.63) is 12.1 Å². The highest BCUT2D eigenvalue weighted by Crippen LogP contribution is 1.95. The lowest BCUT2D eigenvalue weighted by Gasteiger charge is -2.06. The molecule has 0 atom stereocenters. The molecule has 1 aliphatic heterocycles. The SMILES string of the molecule is NC1=CN(CCCC(=O)O)[NH2+]O1.[Cl-]. The monoisotopic (exact) mass is 209 g/mol. The molecule has 1 rings (SSSR count). The van der Waals surface area contributed by atoms with Crippen LogP contribution in [0, 0.1) is 0 Å². The third-order valence-corrected chi connectivity index (χ3v) is 1.42. The molecule has 0 saturated heterocycles. The summed E-state index contributed by atoms with van der Waals surface area (Å²) < 4.78 is 0. The van der Waals surface area contributed by atoms with E-state index in [9.17, 15) is 4.79 Å². The molecule has 6 nitrogen and oxygen atoms in total. The molecule has 0 saturated carbocycles. The van der Waals surface area contributed by atoms with Crippen molar-refractivity contribution in [2.24, 2.45) is 5.73 Å². The minimum Gasteiger partial charge on any atom is -1.00 e. The van der Waals surface area contributed by atoms with Gasteiger partial charge in [-0.05, 0) is 6.42 Å². The Morgan fingerprint density at radius 1 is 1.77 bits per heavy atom. The van der Waals surface area contributed by atoms with Crippen LogP contribution in [-0.4, -0.2) is 22.6 Å². The number of carbonyl (C=O) groups is 1. The number of hydrogen-bond acceptors (Lipinski definition) is 4. The molecule has 0 bridgehead atoms. The van der Waals surface area contributed by atoms with Gasteiger partial charge in [-0.3, -0.25) is 9.63 Å². The highest BCUT2D eigenvalue weighted by atomic mass is 35.5. The Kier molecular flexibility index (Phi) is 5.01. The maximum absolute atomic E-state index is 10.1. The number of nitrogens with two attached hydrogens (primary N) is 2. The first kappa shape index (κ1) is 11.9. The normalized spacial score (nSPS) is 14.5. The van der Waals surface area contributed by atoms with Crippen molar-refractivity contribution in [2.45, 2.75) is 12.8 Å². The average Bonchev–Trinajstić information content (AvgIpc) is 2.35. The molecule has 0 amide bonds. The molecule has 1 aliphatic rings. The summed E-state index contributed by atoms with van der Waals surface area (Å²) in [6.45, 7) is 0.618. The molecular weight excluding hydrogens is 198 g/mol. The van der Waals surface area contributed by atoms with Crippen LogP contribution in [0.25, 0.3) is 0 Å². The highest BCUT2D eigenvalue weighted by Gasteiger charge is 2.14. The summed E-state index contributed by atoms with van der Waals surface area (Å²) in [5.74, 6) is -0.447. The number of hydrogen-bond donors (Lipinski definition) is 3.